The number of fused-ring (bicyclic) bond motifs is 2. The number of alkyl halides is 1. The highest BCUT2D eigenvalue weighted by molar-refractivity contribution is 14.1. The molecular weight excluding hydrogens is 449 g/mol. The molecule has 2 fully saturated rings. The van der Waals surface area contributed by atoms with Crippen LogP contribution in [0.1, 0.15) is 23.6 Å². The van der Waals surface area contributed by atoms with Crippen LogP contribution in [0.25, 0.3) is 0 Å². The van der Waals surface area contributed by atoms with Gasteiger partial charge in [-0.15, -0.1) is 0 Å². The van der Waals surface area contributed by atoms with E-state index >= 15 is 0 Å². The second-order valence-corrected chi connectivity index (χ2v) is 9.43. The van der Waals surface area contributed by atoms with Gasteiger partial charge in [0.2, 0.25) is 0 Å². The van der Waals surface area contributed by atoms with Crippen molar-refractivity contribution in [3.8, 4) is 11.8 Å². The summed E-state index contributed by atoms with van der Waals surface area (Å²) in [6.07, 6.45) is 1.26. The molecule has 2 saturated heterocycles. The van der Waals surface area contributed by atoms with Gasteiger partial charge in [-0.2, -0.15) is 8.75 Å². The maximum Gasteiger partial charge on any atom is 0.134 e. The zero-order valence-corrected chi connectivity index (χ0v) is 17.0. The highest BCUT2D eigenvalue weighted by Gasteiger charge is 2.40. The molecule has 4 unspecified atom stereocenters. The van der Waals surface area contributed by atoms with Crippen LogP contribution in [-0.2, 0) is 0 Å². The van der Waals surface area contributed by atoms with E-state index in [2.05, 4.69) is 48.1 Å². The molecule has 124 valence electrons. The molecule has 4 atom stereocenters. The van der Waals surface area contributed by atoms with E-state index in [1.807, 2.05) is 30.3 Å². The molecule has 2 aromatic rings. The molecule has 0 saturated carbocycles. The third-order valence-electron chi connectivity index (χ3n) is 4.66. The first kappa shape index (κ1) is 16.8. The van der Waals surface area contributed by atoms with Crippen molar-refractivity contribution in [2.24, 2.45) is 5.92 Å². The molecule has 0 spiro atoms. The number of piperidine rings is 1. The number of benzene rings is 1. The van der Waals surface area contributed by atoms with Gasteiger partial charge in [0.25, 0.3) is 0 Å². The molecule has 0 aliphatic carbocycles. The smallest absolute Gasteiger partial charge is 0.134 e. The van der Waals surface area contributed by atoms with Gasteiger partial charge in [0.15, 0.2) is 0 Å². The summed E-state index contributed by atoms with van der Waals surface area (Å²) in [5, 5.41) is 1.10. The summed E-state index contributed by atoms with van der Waals surface area (Å²) >= 11 is 5.70. The van der Waals surface area contributed by atoms with E-state index in [-0.39, 0.29) is 0 Å². The van der Waals surface area contributed by atoms with Crippen molar-refractivity contribution < 1.29 is 0 Å². The fourth-order valence-corrected chi connectivity index (χ4v) is 6.16. The summed E-state index contributed by atoms with van der Waals surface area (Å²) < 4.78 is 9.96. The Balaban J connectivity index is 1.40. The van der Waals surface area contributed by atoms with Gasteiger partial charge in [-0.05, 0) is 24.5 Å². The third kappa shape index (κ3) is 3.79. The number of nitrogens with zero attached hydrogens (tertiary/aromatic N) is 3. The lowest BCUT2D eigenvalue weighted by Gasteiger charge is -2.29. The third-order valence-corrected chi connectivity index (χ3v) is 7.59. The SMILES string of the molecule is IC1CN2CC(c3nsnc3SCC#Cc3ccccc3)CC1C2. The fraction of sp³-hybridized carbons (Fsp3) is 0.444. The summed E-state index contributed by atoms with van der Waals surface area (Å²) in [4.78, 5) is 2.60. The summed E-state index contributed by atoms with van der Waals surface area (Å²) in [5.41, 5.74) is 2.28. The minimum Gasteiger partial charge on any atom is -0.301 e. The van der Waals surface area contributed by atoms with Gasteiger partial charge in [0.05, 0.1) is 23.2 Å². The van der Waals surface area contributed by atoms with Gasteiger partial charge in [-0.3, -0.25) is 0 Å². The molecule has 2 bridgehead atoms. The maximum absolute atomic E-state index is 4.63. The Morgan fingerprint density at radius 1 is 1.21 bits per heavy atom. The highest BCUT2D eigenvalue weighted by Crippen LogP contribution is 2.41. The van der Waals surface area contributed by atoms with E-state index in [9.17, 15) is 0 Å². The minimum atomic E-state index is 0.548. The molecule has 6 heteroatoms. The van der Waals surface area contributed by atoms with E-state index in [1.165, 1.54) is 36.9 Å². The highest BCUT2D eigenvalue weighted by atomic mass is 127. The standard InChI is InChI=1S/C18H18IN3S2/c19-16-12-22-10-14(16)9-15(11-22)17-18(21-24-20-17)23-8-4-7-13-5-2-1-3-6-13/h1-3,5-6,14-16H,8-12H2. The number of hydrogen-bond donors (Lipinski definition) is 0. The molecule has 2 aliphatic rings. The van der Waals surface area contributed by atoms with Crippen LogP contribution in [-0.4, -0.2) is 43.0 Å². The molecule has 24 heavy (non-hydrogen) atoms. The first-order valence-electron chi connectivity index (χ1n) is 8.15. The van der Waals surface area contributed by atoms with Crippen LogP contribution < -0.4 is 0 Å². The van der Waals surface area contributed by atoms with Crippen LogP contribution in [0.5, 0.6) is 0 Å². The Morgan fingerprint density at radius 3 is 2.92 bits per heavy atom. The van der Waals surface area contributed by atoms with Crippen molar-refractivity contribution >= 4 is 46.1 Å². The maximum atomic E-state index is 4.63. The van der Waals surface area contributed by atoms with Crippen LogP contribution in [0.2, 0.25) is 0 Å². The van der Waals surface area contributed by atoms with E-state index in [1.54, 1.807) is 11.8 Å². The number of hydrogen-bond acceptors (Lipinski definition) is 5. The lowest BCUT2D eigenvalue weighted by Crippen LogP contribution is -2.32. The Hall–Kier alpha value is -0.620. The molecule has 1 aromatic heterocycles. The average molecular weight is 467 g/mol. The Morgan fingerprint density at radius 2 is 2.08 bits per heavy atom. The van der Waals surface area contributed by atoms with Crippen molar-refractivity contribution in [2.75, 3.05) is 25.4 Å². The molecule has 0 amide bonds. The van der Waals surface area contributed by atoms with Crippen LogP contribution in [0, 0.1) is 17.8 Å². The number of halogens is 1. The minimum absolute atomic E-state index is 0.548. The predicted octanol–water partition coefficient (Wildman–Crippen LogP) is 3.90. The van der Waals surface area contributed by atoms with Gasteiger partial charge < -0.3 is 4.90 Å². The van der Waals surface area contributed by atoms with Crippen LogP contribution in [0.4, 0.5) is 0 Å². The first-order chi connectivity index (χ1) is 11.8. The summed E-state index contributed by atoms with van der Waals surface area (Å²) in [6, 6.07) is 10.1. The van der Waals surface area contributed by atoms with E-state index in [4.69, 9.17) is 0 Å². The number of thioether (sulfide) groups is 1. The molecule has 1 aromatic carbocycles. The molecule has 3 heterocycles. The van der Waals surface area contributed by atoms with Crippen molar-refractivity contribution in [3.05, 3.63) is 41.6 Å². The Bertz CT molecular complexity index is 750. The molecule has 0 radical (unpaired) electrons. The Labute approximate surface area is 165 Å². The van der Waals surface area contributed by atoms with Gasteiger partial charge in [0.1, 0.15) is 5.03 Å². The monoisotopic (exact) mass is 467 g/mol. The van der Waals surface area contributed by atoms with Gasteiger partial charge in [-0.1, -0.05) is 64.4 Å². The number of aromatic nitrogens is 2. The first-order valence-corrected chi connectivity index (χ1v) is 11.1. The summed E-state index contributed by atoms with van der Waals surface area (Å²) in [7, 11) is 0. The zero-order chi connectivity index (χ0) is 16.4. The molecule has 2 aliphatic heterocycles. The molecule has 4 rings (SSSR count). The van der Waals surface area contributed by atoms with Crippen LogP contribution in [0.15, 0.2) is 35.4 Å². The second kappa shape index (κ2) is 7.73. The predicted molar refractivity (Wildman–Crippen MR) is 109 cm³/mol. The van der Waals surface area contributed by atoms with Crippen molar-refractivity contribution in [1.82, 2.24) is 13.6 Å². The largest absolute Gasteiger partial charge is 0.301 e. The van der Waals surface area contributed by atoms with Crippen molar-refractivity contribution in [3.63, 3.8) is 0 Å². The van der Waals surface area contributed by atoms with Crippen molar-refractivity contribution in [1.29, 1.82) is 0 Å². The number of rotatable bonds is 3. The summed E-state index contributed by atoms with van der Waals surface area (Å²) in [5.74, 6) is 8.59. The normalized spacial score (nSPS) is 28.4. The second-order valence-electron chi connectivity index (χ2n) is 6.34. The topological polar surface area (TPSA) is 29.0 Å². The van der Waals surface area contributed by atoms with E-state index < -0.39 is 0 Å². The average Bonchev–Trinajstić information content (AvgIpc) is 3.17. The zero-order valence-electron chi connectivity index (χ0n) is 13.2. The van der Waals surface area contributed by atoms with Gasteiger partial charge >= 0.3 is 0 Å². The molecular formula is C18H18IN3S2. The fourth-order valence-electron chi connectivity index (χ4n) is 3.54. The Kier molecular flexibility index (Phi) is 5.42. The van der Waals surface area contributed by atoms with Gasteiger partial charge in [0, 0.05) is 35.0 Å². The lowest BCUT2D eigenvalue weighted by molar-refractivity contribution is 0.240. The quantitative estimate of drug-likeness (QED) is 0.296. The van der Waals surface area contributed by atoms with Crippen LogP contribution in [0.3, 0.4) is 0 Å². The molecule has 0 N–H and O–H groups in total. The van der Waals surface area contributed by atoms with E-state index in [0.717, 1.165) is 32.7 Å². The van der Waals surface area contributed by atoms with Crippen molar-refractivity contribution in [2.45, 2.75) is 21.3 Å². The lowest BCUT2D eigenvalue weighted by atomic mass is 9.89. The van der Waals surface area contributed by atoms with Crippen LogP contribution >= 0.6 is 46.1 Å². The van der Waals surface area contributed by atoms with Gasteiger partial charge in [-0.25, -0.2) is 0 Å². The van der Waals surface area contributed by atoms with E-state index in [0.29, 0.717) is 5.92 Å². The molecule has 3 nitrogen and oxygen atoms in total. The summed E-state index contributed by atoms with van der Waals surface area (Å²) in [6.45, 7) is 3.65.